The molecule has 0 radical (unpaired) electrons. The second-order valence-electron chi connectivity index (χ2n) is 5.91. The molecule has 1 fully saturated rings. The summed E-state index contributed by atoms with van der Waals surface area (Å²) in [6, 6.07) is 9.66. The van der Waals surface area contributed by atoms with Crippen LogP contribution in [0.5, 0.6) is 0 Å². The van der Waals surface area contributed by atoms with Gasteiger partial charge in [-0.15, -0.1) is 10.2 Å². The highest BCUT2D eigenvalue weighted by atomic mass is 16.2. The minimum absolute atomic E-state index is 0.0948. The minimum atomic E-state index is 0.0948. The number of rotatable bonds is 4. The van der Waals surface area contributed by atoms with Crippen molar-refractivity contribution in [2.24, 2.45) is 0 Å². The van der Waals surface area contributed by atoms with Crippen molar-refractivity contribution < 1.29 is 4.79 Å². The summed E-state index contributed by atoms with van der Waals surface area (Å²) in [5, 5.41) is 12.7. The Morgan fingerprint density at radius 1 is 0.920 bits per heavy atom. The van der Waals surface area contributed by atoms with E-state index in [-0.39, 0.29) is 5.91 Å². The van der Waals surface area contributed by atoms with Crippen molar-refractivity contribution in [1.82, 2.24) is 29.4 Å². The number of nitrogens with zero attached hydrogens (tertiary/aromatic N) is 7. The van der Waals surface area contributed by atoms with E-state index in [1.165, 1.54) is 0 Å². The lowest BCUT2D eigenvalue weighted by Crippen LogP contribution is -2.50. The maximum absolute atomic E-state index is 12.3. The van der Waals surface area contributed by atoms with Gasteiger partial charge >= 0.3 is 0 Å². The Balaban J connectivity index is 1.34. The molecule has 128 valence electrons. The molecular weight excluding hydrogens is 318 g/mol. The maximum atomic E-state index is 12.3. The molecule has 8 heteroatoms. The zero-order chi connectivity index (χ0) is 17.1. The molecule has 1 aliphatic rings. The summed E-state index contributed by atoms with van der Waals surface area (Å²) in [7, 11) is 0. The molecule has 1 saturated heterocycles. The van der Waals surface area contributed by atoms with Gasteiger partial charge in [0.05, 0.1) is 0 Å². The Kier molecular flexibility index (Phi) is 4.16. The summed E-state index contributed by atoms with van der Waals surface area (Å²) in [5.74, 6) is 1.73. The van der Waals surface area contributed by atoms with Crippen molar-refractivity contribution in [2.45, 2.75) is 6.54 Å². The number of hydrogen-bond donors (Lipinski definition) is 0. The number of carbonyl (C=O) groups is 1. The molecule has 3 aromatic rings. The highest BCUT2D eigenvalue weighted by molar-refractivity contribution is 5.76. The van der Waals surface area contributed by atoms with E-state index in [1.54, 1.807) is 17.1 Å². The zero-order valence-electron chi connectivity index (χ0n) is 13.8. The Labute approximate surface area is 145 Å². The van der Waals surface area contributed by atoms with Crippen LogP contribution in [0.1, 0.15) is 0 Å². The fourth-order valence-corrected chi connectivity index (χ4v) is 2.93. The van der Waals surface area contributed by atoms with Gasteiger partial charge in [-0.1, -0.05) is 0 Å². The lowest BCUT2D eigenvalue weighted by molar-refractivity contribution is -0.132. The first-order valence-electron chi connectivity index (χ1n) is 8.27. The van der Waals surface area contributed by atoms with Crippen molar-refractivity contribution in [3.05, 3.63) is 55.1 Å². The van der Waals surface area contributed by atoms with E-state index in [4.69, 9.17) is 0 Å². The van der Waals surface area contributed by atoms with Gasteiger partial charge in [0, 0.05) is 51.0 Å². The van der Waals surface area contributed by atoms with Gasteiger partial charge in [-0.05, 0) is 30.3 Å². The Hall–Kier alpha value is -3.16. The number of carbonyl (C=O) groups excluding carboxylic acids is 1. The molecule has 0 bridgehead atoms. The van der Waals surface area contributed by atoms with E-state index in [2.05, 4.69) is 20.2 Å². The van der Waals surface area contributed by atoms with Crippen LogP contribution < -0.4 is 4.90 Å². The standard InChI is InChI=1S/C17H19N7O/c25-17(14-24-9-3-6-18-24)23-12-10-22(11-13-23)16-5-4-15(19-20-16)21-7-1-2-8-21/h1-9H,10-14H2. The number of piperazine rings is 1. The molecule has 0 unspecified atom stereocenters. The third-order valence-electron chi connectivity index (χ3n) is 4.32. The molecule has 0 atom stereocenters. The van der Waals surface area contributed by atoms with E-state index in [9.17, 15) is 4.79 Å². The van der Waals surface area contributed by atoms with Crippen LogP contribution in [0.2, 0.25) is 0 Å². The highest BCUT2D eigenvalue weighted by Crippen LogP contribution is 2.14. The molecule has 25 heavy (non-hydrogen) atoms. The number of amides is 1. The van der Waals surface area contributed by atoms with Gasteiger partial charge in [-0.25, -0.2) is 0 Å². The molecule has 0 spiro atoms. The number of hydrogen-bond acceptors (Lipinski definition) is 5. The molecular formula is C17H19N7O. The van der Waals surface area contributed by atoms with Crippen LogP contribution in [-0.2, 0) is 11.3 Å². The SMILES string of the molecule is O=C(Cn1cccn1)N1CCN(c2ccc(-n3cccc3)nn2)CC1. The predicted molar refractivity (Wildman–Crippen MR) is 92.4 cm³/mol. The van der Waals surface area contributed by atoms with E-state index >= 15 is 0 Å². The van der Waals surface area contributed by atoms with Gasteiger partial charge in [0.15, 0.2) is 11.6 Å². The van der Waals surface area contributed by atoms with Crippen molar-refractivity contribution >= 4 is 11.7 Å². The molecule has 3 aromatic heterocycles. The van der Waals surface area contributed by atoms with Gasteiger partial charge in [-0.2, -0.15) is 5.10 Å². The second-order valence-corrected chi connectivity index (χ2v) is 5.91. The Morgan fingerprint density at radius 2 is 1.64 bits per heavy atom. The van der Waals surface area contributed by atoms with Crippen LogP contribution in [0.15, 0.2) is 55.1 Å². The fraction of sp³-hybridized carbons (Fsp3) is 0.294. The van der Waals surface area contributed by atoms with Gasteiger partial charge < -0.3 is 14.4 Å². The average Bonchev–Trinajstić information content (AvgIpc) is 3.36. The van der Waals surface area contributed by atoms with Crippen LogP contribution in [0.4, 0.5) is 5.82 Å². The van der Waals surface area contributed by atoms with E-state index in [0.29, 0.717) is 19.6 Å². The van der Waals surface area contributed by atoms with Crippen molar-refractivity contribution in [1.29, 1.82) is 0 Å². The lowest BCUT2D eigenvalue weighted by Gasteiger charge is -2.35. The summed E-state index contributed by atoms with van der Waals surface area (Å²) in [6.45, 7) is 3.16. The molecule has 0 aliphatic carbocycles. The largest absolute Gasteiger partial charge is 0.352 e. The lowest BCUT2D eigenvalue weighted by atomic mass is 10.3. The van der Waals surface area contributed by atoms with Crippen molar-refractivity contribution in [3.8, 4) is 5.82 Å². The third kappa shape index (κ3) is 3.37. The first-order chi connectivity index (χ1) is 12.3. The molecule has 0 aromatic carbocycles. The van der Waals surface area contributed by atoms with Crippen LogP contribution in [0, 0.1) is 0 Å². The molecule has 4 rings (SSSR count). The predicted octanol–water partition coefficient (Wildman–Crippen LogP) is 0.813. The quantitative estimate of drug-likeness (QED) is 0.705. The van der Waals surface area contributed by atoms with Gasteiger partial charge in [0.2, 0.25) is 5.91 Å². The molecule has 8 nitrogen and oxygen atoms in total. The summed E-state index contributed by atoms with van der Waals surface area (Å²) in [5.41, 5.74) is 0. The molecule has 1 aliphatic heterocycles. The Morgan fingerprint density at radius 3 is 2.28 bits per heavy atom. The second kappa shape index (κ2) is 6.76. The summed E-state index contributed by atoms with van der Waals surface area (Å²) >= 11 is 0. The summed E-state index contributed by atoms with van der Waals surface area (Å²) in [6.07, 6.45) is 7.36. The van der Waals surface area contributed by atoms with Crippen LogP contribution in [0.25, 0.3) is 5.82 Å². The van der Waals surface area contributed by atoms with Crippen molar-refractivity contribution in [2.75, 3.05) is 31.1 Å². The van der Waals surface area contributed by atoms with E-state index in [1.807, 2.05) is 52.2 Å². The molecule has 0 N–H and O–H groups in total. The first kappa shape index (κ1) is 15.4. The Bertz CT molecular complexity index is 803. The van der Waals surface area contributed by atoms with Gasteiger partial charge in [-0.3, -0.25) is 9.48 Å². The number of aromatic nitrogens is 5. The number of anilines is 1. The average molecular weight is 337 g/mol. The van der Waals surface area contributed by atoms with Crippen LogP contribution >= 0.6 is 0 Å². The minimum Gasteiger partial charge on any atom is -0.352 e. The van der Waals surface area contributed by atoms with Crippen LogP contribution in [0.3, 0.4) is 0 Å². The van der Waals surface area contributed by atoms with Gasteiger partial charge in [0.1, 0.15) is 6.54 Å². The smallest absolute Gasteiger partial charge is 0.244 e. The maximum Gasteiger partial charge on any atom is 0.244 e. The van der Waals surface area contributed by atoms with Gasteiger partial charge in [0.25, 0.3) is 0 Å². The van der Waals surface area contributed by atoms with Crippen LogP contribution in [-0.4, -0.2) is 61.5 Å². The molecule has 4 heterocycles. The monoisotopic (exact) mass is 337 g/mol. The summed E-state index contributed by atoms with van der Waals surface area (Å²) in [4.78, 5) is 16.3. The van der Waals surface area contributed by atoms with E-state index in [0.717, 1.165) is 24.7 Å². The van der Waals surface area contributed by atoms with E-state index < -0.39 is 0 Å². The topological polar surface area (TPSA) is 72.1 Å². The third-order valence-corrected chi connectivity index (χ3v) is 4.32. The molecule has 1 amide bonds. The fourth-order valence-electron chi connectivity index (χ4n) is 2.93. The van der Waals surface area contributed by atoms with Crippen molar-refractivity contribution in [3.63, 3.8) is 0 Å². The highest BCUT2D eigenvalue weighted by Gasteiger charge is 2.22. The zero-order valence-corrected chi connectivity index (χ0v) is 13.8. The first-order valence-corrected chi connectivity index (χ1v) is 8.27. The molecule has 0 saturated carbocycles. The summed E-state index contributed by atoms with van der Waals surface area (Å²) < 4.78 is 3.57. The normalized spacial score (nSPS) is 14.7.